The molecule has 0 saturated carbocycles. The second-order valence-corrected chi connectivity index (χ2v) is 9.43. The highest BCUT2D eigenvalue weighted by Crippen LogP contribution is 2.51. The fraction of sp³-hybridized carbons (Fsp3) is 0.519. The predicted molar refractivity (Wildman–Crippen MR) is 127 cm³/mol. The number of methoxy groups -OCH3 is 1. The van der Waals surface area contributed by atoms with Crippen molar-refractivity contribution >= 4 is 5.78 Å². The molecule has 2 unspecified atom stereocenters. The van der Waals surface area contributed by atoms with E-state index in [-0.39, 0.29) is 18.0 Å². The van der Waals surface area contributed by atoms with E-state index in [4.69, 9.17) is 18.9 Å². The average molecular weight is 454 g/mol. The molecule has 6 nitrogen and oxygen atoms in total. The van der Waals surface area contributed by atoms with Gasteiger partial charge in [0.05, 0.1) is 25.2 Å². The van der Waals surface area contributed by atoms with Crippen LogP contribution in [0, 0.1) is 5.92 Å². The largest absolute Gasteiger partial charge is 0.493 e. The molecule has 1 saturated heterocycles. The summed E-state index contributed by atoms with van der Waals surface area (Å²) in [6.07, 6.45) is 1.05. The summed E-state index contributed by atoms with van der Waals surface area (Å²) in [4.78, 5) is 14.2. The molecule has 1 fully saturated rings. The minimum Gasteiger partial charge on any atom is -0.493 e. The molecule has 2 heterocycles. The molecule has 0 amide bonds. The summed E-state index contributed by atoms with van der Waals surface area (Å²) in [6.45, 7) is 9.54. The van der Waals surface area contributed by atoms with Gasteiger partial charge in [-0.25, -0.2) is 0 Å². The summed E-state index contributed by atoms with van der Waals surface area (Å²) in [5.74, 6) is 1.52. The smallest absolute Gasteiger partial charge is 0.173 e. The quantitative estimate of drug-likeness (QED) is 0.598. The van der Waals surface area contributed by atoms with Crippen molar-refractivity contribution in [1.82, 2.24) is 5.32 Å². The highest BCUT2D eigenvalue weighted by atomic mass is 16.5. The molecular formula is C27H35NO5. The van der Waals surface area contributed by atoms with Crippen molar-refractivity contribution in [2.24, 2.45) is 5.92 Å². The van der Waals surface area contributed by atoms with E-state index < -0.39 is 17.6 Å². The van der Waals surface area contributed by atoms with Crippen LogP contribution < -0.4 is 19.5 Å². The van der Waals surface area contributed by atoms with Crippen LogP contribution in [0.2, 0.25) is 0 Å². The molecule has 2 aromatic rings. The highest BCUT2D eigenvalue weighted by molar-refractivity contribution is 6.00. The number of hydrogen-bond acceptors (Lipinski definition) is 6. The summed E-state index contributed by atoms with van der Waals surface area (Å²) < 4.78 is 24.5. The Morgan fingerprint density at radius 2 is 1.76 bits per heavy atom. The van der Waals surface area contributed by atoms with E-state index in [9.17, 15) is 4.79 Å². The van der Waals surface area contributed by atoms with Crippen LogP contribution in [0.1, 0.15) is 62.6 Å². The van der Waals surface area contributed by atoms with E-state index in [1.54, 1.807) is 13.2 Å². The van der Waals surface area contributed by atoms with E-state index >= 15 is 0 Å². The number of fused-ring (bicyclic) bond motifs is 1. The van der Waals surface area contributed by atoms with Crippen molar-refractivity contribution in [3.8, 4) is 17.2 Å². The molecule has 6 heteroatoms. The first-order valence-electron chi connectivity index (χ1n) is 11.9. The molecule has 178 valence electrons. The van der Waals surface area contributed by atoms with E-state index in [1.807, 2.05) is 64.1 Å². The number of hydrogen-bond donors (Lipinski definition) is 1. The lowest BCUT2D eigenvalue weighted by molar-refractivity contribution is -0.114. The molecule has 2 aromatic carbocycles. The van der Waals surface area contributed by atoms with Gasteiger partial charge in [0.25, 0.3) is 0 Å². The van der Waals surface area contributed by atoms with Crippen LogP contribution in [0.15, 0.2) is 42.5 Å². The summed E-state index contributed by atoms with van der Waals surface area (Å²) >= 11 is 0. The summed E-state index contributed by atoms with van der Waals surface area (Å²) in [5.41, 5.74) is 0.878. The first kappa shape index (κ1) is 23.6. The normalized spacial score (nSPS) is 21.5. The number of nitrogens with one attached hydrogen (secondary N) is 1. The SMILES string of the molecule is COc1cc(C(=O)C2C(OC(C)C)c3ccccc3OC23CCNCC3)ccc1OC(C)C. The lowest BCUT2D eigenvalue weighted by Gasteiger charge is -2.50. The number of ether oxygens (including phenoxy) is 4. The third-order valence-electron chi connectivity index (χ3n) is 6.37. The van der Waals surface area contributed by atoms with Crippen LogP contribution >= 0.6 is 0 Å². The number of carbonyl (C=O) groups is 1. The van der Waals surface area contributed by atoms with E-state index in [1.165, 1.54) is 0 Å². The van der Waals surface area contributed by atoms with Crippen molar-refractivity contribution in [2.45, 2.75) is 64.4 Å². The molecule has 1 spiro atoms. The number of piperidine rings is 1. The first-order chi connectivity index (χ1) is 15.8. The van der Waals surface area contributed by atoms with Crippen LogP contribution in [-0.4, -0.2) is 43.8 Å². The summed E-state index contributed by atoms with van der Waals surface area (Å²) in [7, 11) is 1.59. The van der Waals surface area contributed by atoms with Crippen LogP contribution in [0.4, 0.5) is 0 Å². The van der Waals surface area contributed by atoms with Gasteiger partial charge in [-0.15, -0.1) is 0 Å². The molecule has 4 rings (SSSR count). The van der Waals surface area contributed by atoms with Gasteiger partial charge in [0, 0.05) is 24.0 Å². The number of benzene rings is 2. The first-order valence-corrected chi connectivity index (χ1v) is 11.9. The Bertz CT molecular complexity index is 980. The van der Waals surface area contributed by atoms with Crippen molar-refractivity contribution in [3.63, 3.8) is 0 Å². The van der Waals surface area contributed by atoms with Gasteiger partial charge >= 0.3 is 0 Å². The molecule has 33 heavy (non-hydrogen) atoms. The van der Waals surface area contributed by atoms with Gasteiger partial charge in [-0.05, 0) is 65.0 Å². The Morgan fingerprint density at radius 1 is 1.03 bits per heavy atom. The number of carbonyl (C=O) groups excluding carboxylic acids is 1. The van der Waals surface area contributed by atoms with Crippen LogP contribution in [0.5, 0.6) is 17.2 Å². The zero-order chi connectivity index (χ0) is 23.6. The Hall–Kier alpha value is -2.57. The number of rotatable bonds is 7. The zero-order valence-electron chi connectivity index (χ0n) is 20.2. The van der Waals surface area contributed by atoms with Crippen molar-refractivity contribution in [3.05, 3.63) is 53.6 Å². The Labute approximate surface area is 196 Å². The molecule has 2 atom stereocenters. The monoisotopic (exact) mass is 453 g/mol. The molecule has 2 aliphatic heterocycles. The molecule has 2 aliphatic rings. The third kappa shape index (κ3) is 4.73. The average Bonchev–Trinajstić information content (AvgIpc) is 2.79. The Kier molecular flexibility index (Phi) is 6.96. The third-order valence-corrected chi connectivity index (χ3v) is 6.37. The molecule has 0 bridgehead atoms. The number of para-hydroxylation sites is 1. The van der Waals surface area contributed by atoms with Crippen LogP contribution in [-0.2, 0) is 4.74 Å². The van der Waals surface area contributed by atoms with Gasteiger partial charge in [0.1, 0.15) is 17.5 Å². The van der Waals surface area contributed by atoms with E-state index in [0.29, 0.717) is 17.1 Å². The van der Waals surface area contributed by atoms with Crippen LogP contribution in [0.3, 0.4) is 0 Å². The Morgan fingerprint density at radius 3 is 2.42 bits per heavy atom. The minimum atomic E-state index is -0.628. The maximum Gasteiger partial charge on any atom is 0.173 e. The predicted octanol–water partition coefficient (Wildman–Crippen LogP) is 4.96. The maximum absolute atomic E-state index is 14.2. The minimum absolute atomic E-state index is 0.00512. The van der Waals surface area contributed by atoms with Crippen molar-refractivity contribution in [1.29, 1.82) is 0 Å². The van der Waals surface area contributed by atoms with Gasteiger partial charge in [-0.2, -0.15) is 0 Å². The fourth-order valence-electron chi connectivity index (χ4n) is 4.98. The molecule has 1 N–H and O–H groups in total. The molecule has 0 aliphatic carbocycles. The van der Waals surface area contributed by atoms with Gasteiger partial charge in [-0.3, -0.25) is 4.79 Å². The van der Waals surface area contributed by atoms with Crippen molar-refractivity contribution < 1.29 is 23.7 Å². The molecular weight excluding hydrogens is 418 g/mol. The summed E-state index contributed by atoms with van der Waals surface area (Å²) in [5, 5.41) is 3.41. The van der Waals surface area contributed by atoms with E-state index in [0.717, 1.165) is 37.2 Å². The zero-order valence-corrected chi connectivity index (χ0v) is 20.2. The van der Waals surface area contributed by atoms with E-state index in [2.05, 4.69) is 5.32 Å². The van der Waals surface area contributed by atoms with Gasteiger partial charge in [0.15, 0.2) is 17.3 Å². The topological polar surface area (TPSA) is 66.0 Å². The number of Topliss-reactive ketones (excluding diaryl/α,β-unsaturated/α-hetero) is 1. The standard InChI is InChI=1S/C27H35NO5/c1-17(2)31-22-11-10-19(16-23(22)30-5)25(29)24-26(32-18(3)4)20-8-6-7-9-21(20)33-27(24)12-14-28-15-13-27/h6-11,16-18,24,26,28H,12-15H2,1-5H3. The van der Waals surface area contributed by atoms with Crippen molar-refractivity contribution in [2.75, 3.05) is 20.2 Å². The molecule has 0 radical (unpaired) electrons. The van der Waals surface area contributed by atoms with Gasteiger partial charge in [0.2, 0.25) is 0 Å². The number of ketones is 1. The maximum atomic E-state index is 14.2. The molecule has 0 aromatic heterocycles. The van der Waals surface area contributed by atoms with Gasteiger partial charge in [-0.1, -0.05) is 18.2 Å². The lowest BCUT2D eigenvalue weighted by Crippen LogP contribution is -2.58. The summed E-state index contributed by atoms with van der Waals surface area (Å²) in [6, 6.07) is 13.4. The van der Waals surface area contributed by atoms with Gasteiger partial charge < -0.3 is 24.3 Å². The second kappa shape index (κ2) is 9.74. The Balaban J connectivity index is 1.80. The second-order valence-electron chi connectivity index (χ2n) is 9.43. The lowest BCUT2D eigenvalue weighted by atomic mass is 9.69. The highest BCUT2D eigenvalue weighted by Gasteiger charge is 2.54. The van der Waals surface area contributed by atoms with Crippen LogP contribution in [0.25, 0.3) is 0 Å². The fourth-order valence-corrected chi connectivity index (χ4v) is 4.98.